The fraction of sp³-hybridized carbons (Fsp3) is 0.562. The Morgan fingerprint density at radius 2 is 2.09 bits per heavy atom. The Kier molecular flexibility index (Phi) is 5.89. The van der Waals surface area contributed by atoms with Crippen molar-refractivity contribution in [2.45, 2.75) is 18.9 Å². The third-order valence-corrected chi connectivity index (χ3v) is 4.05. The molecule has 22 heavy (non-hydrogen) atoms. The number of rotatable bonds is 5. The topological polar surface area (TPSA) is 58.1 Å². The Labute approximate surface area is 132 Å². The number of likely N-dealkylation sites (N-methyl/N-ethyl adjacent to an activating group) is 1. The SMILES string of the molecule is CN=C(NCC1CCCN1C)Nc1ccc(OC)c(OC)c1. The smallest absolute Gasteiger partial charge is 0.195 e. The normalized spacial score (nSPS) is 19.1. The number of nitrogens with zero attached hydrogens (tertiary/aromatic N) is 2. The molecule has 1 aromatic rings. The number of methoxy groups -OCH3 is 2. The van der Waals surface area contributed by atoms with Crippen LogP contribution in [0.25, 0.3) is 0 Å². The van der Waals surface area contributed by atoms with Gasteiger partial charge in [0, 0.05) is 31.4 Å². The van der Waals surface area contributed by atoms with Gasteiger partial charge in [-0.15, -0.1) is 0 Å². The van der Waals surface area contributed by atoms with Crippen LogP contribution in [0.4, 0.5) is 5.69 Å². The minimum absolute atomic E-state index is 0.573. The lowest BCUT2D eigenvalue weighted by Gasteiger charge is -2.21. The molecule has 0 bridgehead atoms. The molecule has 0 amide bonds. The molecule has 0 radical (unpaired) electrons. The maximum atomic E-state index is 5.32. The molecule has 1 fully saturated rings. The summed E-state index contributed by atoms with van der Waals surface area (Å²) in [4.78, 5) is 6.66. The highest BCUT2D eigenvalue weighted by Crippen LogP contribution is 2.29. The number of nitrogens with one attached hydrogen (secondary N) is 2. The van der Waals surface area contributed by atoms with Crippen LogP contribution in [-0.4, -0.2) is 58.3 Å². The Balaban J connectivity index is 1.95. The van der Waals surface area contributed by atoms with Crippen LogP contribution < -0.4 is 20.1 Å². The van der Waals surface area contributed by atoms with Gasteiger partial charge in [0.1, 0.15) is 0 Å². The zero-order valence-electron chi connectivity index (χ0n) is 13.8. The minimum atomic E-state index is 0.573. The second-order valence-corrected chi connectivity index (χ2v) is 5.42. The molecule has 6 heteroatoms. The van der Waals surface area contributed by atoms with Gasteiger partial charge in [-0.3, -0.25) is 4.99 Å². The van der Waals surface area contributed by atoms with Crippen molar-refractivity contribution in [2.24, 2.45) is 4.99 Å². The third-order valence-electron chi connectivity index (χ3n) is 4.05. The Hall–Kier alpha value is -1.95. The number of likely N-dealkylation sites (tertiary alicyclic amines) is 1. The molecule has 0 spiro atoms. The predicted octanol–water partition coefficient (Wildman–Crippen LogP) is 1.79. The third kappa shape index (κ3) is 4.04. The largest absolute Gasteiger partial charge is 0.493 e. The molecular weight excluding hydrogens is 280 g/mol. The van der Waals surface area contributed by atoms with Crippen molar-refractivity contribution in [1.29, 1.82) is 0 Å². The fourth-order valence-corrected chi connectivity index (χ4v) is 2.68. The van der Waals surface area contributed by atoms with Crippen molar-refractivity contribution in [1.82, 2.24) is 10.2 Å². The molecular formula is C16H26N4O2. The highest BCUT2D eigenvalue weighted by Gasteiger charge is 2.20. The van der Waals surface area contributed by atoms with Gasteiger partial charge in [0.15, 0.2) is 17.5 Å². The van der Waals surface area contributed by atoms with Gasteiger partial charge in [-0.25, -0.2) is 0 Å². The molecule has 1 unspecified atom stereocenters. The fourth-order valence-electron chi connectivity index (χ4n) is 2.68. The molecule has 0 aliphatic carbocycles. The van der Waals surface area contributed by atoms with Gasteiger partial charge in [0.05, 0.1) is 14.2 Å². The van der Waals surface area contributed by atoms with Crippen LogP contribution in [0.3, 0.4) is 0 Å². The van der Waals surface area contributed by atoms with Crippen LogP contribution in [-0.2, 0) is 0 Å². The molecule has 2 rings (SSSR count). The zero-order valence-corrected chi connectivity index (χ0v) is 13.8. The van der Waals surface area contributed by atoms with E-state index in [0.717, 1.165) is 18.2 Å². The van der Waals surface area contributed by atoms with Crippen molar-refractivity contribution >= 4 is 11.6 Å². The first-order valence-electron chi connectivity index (χ1n) is 7.58. The van der Waals surface area contributed by atoms with Crippen molar-refractivity contribution in [3.05, 3.63) is 18.2 Å². The maximum absolute atomic E-state index is 5.32. The van der Waals surface area contributed by atoms with Crippen LogP contribution in [0.5, 0.6) is 11.5 Å². The number of ether oxygens (including phenoxy) is 2. The summed E-state index contributed by atoms with van der Waals surface area (Å²) in [6.07, 6.45) is 2.50. The highest BCUT2D eigenvalue weighted by atomic mass is 16.5. The van der Waals surface area contributed by atoms with Crippen LogP contribution >= 0.6 is 0 Å². The van der Waals surface area contributed by atoms with E-state index in [0.29, 0.717) is 17.5 Å². The second-order valence-electron chi connectivity index (χ2n) is 5.42. The zero-order chi connectivity index (χ0) is 15.9. The van der Waals surface area contributed by atoms with Gasteiger partial charge in [-0.1, -0.05) is 0 Å². The van der Waals surface area contributed by atoms with Crippen LogP contribution in [0.2, 0.25) is 0 Å². The number of guanidine groups is 1. The maximum Gasteiger partial charge on any atom is 0.195 e. The van der Waals surface area contributed by atoms with Crippen molar-refractivity contribution in [3.8, 4) is 11.5 Å². The summed E-state index contributed by atoms with van der Waals surface area (Å²) in [7, 11) is 7.20. The molecule has 1 aromatic carbocycles. The lowest BCUT2D eigenvalue weighted by atomic mass is 10.2. The number of anilines is 1. The summed E-state index contributed by atoms with van der Waals surface area (Å²) >= 11 is 0. The number of benzene rings is 1. The summed E-state index contributed by atoms with van der Waals surface area (Å²) in [5.41, 5.74) is 0.908. The quantitative estimate of drug-likeness (QED) is 0.641. The minimum Gasteiger partial charge on any atom is -0.493 e. The van der Waals surface area contributed by atoms with E-state index in [9.17, 15) is 0 Å². The van der Waals surface area contributed by atoms with Gasteiger partial charge in [-0.05, 0) is 38.6 Å². The molecule has 122 valence electrons. The van der Waals surface area contributed by atoms with Gasteiger partial charge in [0.2, 0.25) is 0 Å². The monoisotopic (exact) mass is 306 g/mol. The van der Waals surface area contributed by atoms with E-state index in [1.165, 1.54) is 19.4 Å². The molecule has 1 saturated heterocycles. The van der Waals surface area contributed by atoms with E-state index >= 15 is 0 Å². The van der Waals surface area contributed by atoms with E-state index in [4.69, 9.17) is 9.47 Å². The summed E-state index contributed by atoms with van der Waals surface area (Å²) < 4.78 is 10.6. The van der Waals surface area contributed by atoms with Gasteiger partial charge < -0.3 is 25.0 Å². The van der Waals surface area contributed by atoms with E-state index in [1.807, 2.05) is 18.2 Å². The molecule has 0 aromatic heterocycles. The standard InChI is InChI=1S/C16H26N4O2/c1-17-16(18-11-13-6-5-9-20(13)2)19-12-7-8-14(21-3)15(10-12)22-4/h7-8,10,13H,5-6,9,11H2,1-4H3,(H2,17,18,19). The van der Waals surface area contributed by atoms with E-state index in [1.54, 1.807) is 21.3 Å². The van der Waals surface area contributed by atoms with Gasteiger partial charge in [-0.2, -0.15) is 0 Å². The lowest BCUT2D eigenvalue weighted by Crippen LogP contribution is -2.40. The van der Waals surface area contributed by atoms with Crippen LogP contribution in [0, 0.1) is 0 Å². The molecule has 0 saturated carbocycles. The summed E-state index contributed by atoms with van der Waals surface area (Å²) in [5, 5.41) is 6.66. The first-order valence-corrected chi connectivity index (χ1v) is 7.58. The highest BCUT2D eigenvalue weighted by molar-refractivity contribution is 5.93. The van der Waals surface area contributed by atoms with Crippen molar-refractivity contribution < 1.29 is 9.47 Å². The van der Waals surface area contributed by atoms with Crippen molar-refractivity contribution in [3.63, 3.8) is 0 Å². The first-order chi connectivity index (χ1) is 10.7. The van der Waals surface area contributed by atoms with Gasteiger partial charge in [0.25, 0.3) is 0 Å². The molecule has 2 N–H and O–H groups in total. The first kappa shape index (κ1) is 16.4. The summed E-state index contributed by atoms with van der Waals surface area (Å²) in [5.74, 6) is 2.16. The number of hydrogen-bond acceptors (Lipinski definition) is 4. The summed E-state index contributed by atoms with van der Waals surface area (Å²) in [6, 6.07) is 6.28. The van der Waals surface area contributed by atoms with E-state index in [2.05, 4.69) is 27.6 Å². The predicted molar refractivity (Wildman–Crippen MR) is 90.2 cm³/mol. The average molecular weight is 306 g/mol. The lowest BCUT2D eigenvalue weighted by molar-refractivity contribution is 0.310. The Morgan fingerprint density at radius 3 is 2.68 bits per heavy atom. The van der Waals surface area contributed by atoms with E-state index in [-0.39, 0.29) is 0 Å². The van der Waals surface area contributed by atoms with Crippen LogP contribution in [0.1, 0.15) is 12.8 Å². The number of hydrogen-bond donors (Lipinski definition) is 2. The Morgan fingerprint density at radius 1 is 1.32 bits per heavy atom. The molecule has 6 nitrogen and oxygen atoms in total. The molecule has 1 aliphatic rings. The van der Waals surface area contributed by atoms with Crippen LogP contribution in [0.15, 0.2) is 23.2 Å². The number of aliphatic imine (C=N–C) groups is 1. The average Bonchev–Trinajstić information content (AvgIpc) is 2.96. The molecule has 1 heterocycles. The van der Waals surface area contributed by atoms with E-state index < -0.39 is 0 Å². The Bertz CT molecular complexity index is 519. The molecule has 1 aliphatic heterocycles. The summed E-state index contributed by atoms with van der Waals surface area (Å²) in [6.45, 7) is 2.07. The second kappa shape index (κ2) is 7.89. The molecule has 1 atom stereocenters. The van der Waals surface area contributed by atoms with Gasteiger partial charge >= 0.3 is 0 Å². The van der Waals surface area contributed by atoms with Crippen molar-refractivity contribution in [2.75, 3.05) is 46.7 Å².